The molecule has 9 heteroatoms. The molecule has 5 nitrogen and oxygen atoms in total. The lowest BCUT2D eigenvalue weighted by molar-refractivity contribution is 0.0125. The molecular formula is C13H8Cl2F2N4O. The van der Waals surface area contributed by atoms with Crippen LogP contribution in [0, 0.1) is 0 Å². The smallest absolute Gasteiger partial charge is 0.305 e. The lowest BCUT2D eigenvalue weighted by Crippen LogP contribution is -2.11. The third kappa shape index (κ3) is 2.46. The van der Waals surface area contributed by atoms with E-state index in [9.17, 15) is 13.6 Å². The number of fused-ring (bicyclic) bond motifs is 1. The lowest BCUT2D eigenvalue weighted by Gasteiger charge is -2.11. The van der Waals surface area contributed by atoms with E-state index in [1.54, 1.807) is 12.1 Å². The minimum absolute atomic E-state index is 0.245. The van der Waals surface area contributed by atoms with Crippen molar-refractivity contribution in [2.45, 2.75) is 12.8 Å². The monoisotopic (exact) mass is 344 g/mol. The van der Waals surface area contributed by atoms with E-state index in [0.29, 0.717) is 28.5 Å². The summed E-state index contributed by atoms with van der Waals surface area (Å²) >= 11 is 11.8. The third-order valence-corrected chi connectivity index (χ3v) is 3.63. The predicted octanol–water partition coefficient (Wildman–Crippen LogP) is 3.73. The molecule has 0 aliphatic heterocycles. The fourth-order valence-corrected chi connectivity index (χ4v) is 2.60. The number of rotatable bonds is 2. The van der Waals surface area contributed by atoms with Gasteiger partial charge in [-0.15, -0.1) is 0 Å². The molecule has 0 spiro atoms. The van der Waals surface area contributed by atoms with Crippen LogP contribution in [0.15, 0.2) is 23.1 Å². The highest BCUT2D eigenvalue weighted by Gasteiger charge is 2.30. The van der Waals surface area contributed by atoms with Crippen molar-refractivity contribution in [3.63, 3.8) is 0 Å². The van der Waals surface area contributed by atoms with Crippen molar-refractivity contribution in [3.8, 4) is 11.3 Å². The minimum atomic E-state index is -3.19. The van der Waals surface area contributed by atoms with Gasteiger partial charge in [-0.05, 0) is 12.1 Å². The van der Waals surface area contributed by atoms with Gasteiger partial charge in [0.25, 0.3) is 5.92 Å². The molecule has 2 heterocycles. The maximum atomic E-state index is 13.3. The van der Waals surface area contributed by atoms with E-state index in [0.717, 1.165) is 0 Å². The Morgan fingerprint density at radius 2 is 1.86 bits per heavy atom. The molecule has 2 N–H and O–H groups in total. The molecule has 0 saturated carbocycles. The molecule has 0 radical (unpaired) electrons. The normalized spacial score (nSPS) is 12.0. The zero-order chi connectivity index (χ0) is 16.1. The summed E-state index contributed by atoms with van der Waals surface area (Å²) in [7, 11) is 0. The van der Waals surface area contributed by atoms with Gasteiger partial charge >= 0.3 is 5.69 Å². The van der Waals surface area contributed by atoms with Crippen LogP contribution in [0.4, 0.5) is 8.78 Å². The molecule has 0 saturated heterocycles. The summed E-state index contributed by atoms with van der Waals surface area (Å²) in [5, 5.41) is -0.0566. The summed E-state index contributed by atoms with van der Waals surface area (Å²) in [6.45, 7) is 0.687. The molecule has 0 atom stereocenters. The zero-order valence-corrected chi connectivity index (χ0v) is 12.6. The summed E-state index contributed by atoms with van der Waals surface area (Å²) < 4.78 is 26.6. The number of nitrogens with zero attached hydrogens (tertiary/aromatic N) is 2. The van der Waals surface area contributed by atoms with Gasteiger partial charge in [0.05, 0.1) is 27.9 Å². The molecule has 0 bridgehead atoms. The maximum absolute atomic E-state index is 13.3. The van der Waals surface area contributed by atoms with Crippen LogP contribution in [0.1, 0.15) is 12.6 Å². The number of aromatic nitrogens is 4. The minimum Gasteiger partial charge on any atom is -0.305 e. The Morgan fingerprint density at radius 3 is 2.50 bits per heavy atom. The molecule has 22 heavy (non-hydrogen) atoms. The van der Waals surface area contributed by atoms with Crippen LogP contribution in [0.25, 0.3) is 22.3 Å². The Hall–Kier alpha value is -1.99. The fraction of sp³-hybridized carbons (Fsp3) is 0.154. The van der Waals surface area contributed by atoms with Gasteiger partial charge < -0.3 is 9.97 Å². The second kappa shape index (κ2) is 5.03. The molecule has 0 amide bonds. The van der Waals surface area contributed by atoms with Crippen molar-refractivity contribution >= 4 is 34.2 Å². The number of hydrogen-bond donors (Lipinski definition) is 2. The second-order valence-corrected chi connectivity index (χ2v) is 5.47. The van der Waals surface area contributed by atoms with Gasteiger partial charge in [-0.2, -0.15) is 8.78 Å². The van der Waals surface area contributed by atoms with Gasteiger partial charge in [-0.25, -0.2) is 14.8 Å². The van der Waals surface area contributed by atoms with Crippen LogP contribution in [-0.2, 0) is 5.92 Å². The lowest BCUT2D eigenvalue weighted by atomic mass is 10.1. The third-order valence-electron chi connectivity index (χ3n) is 3.05. The Balaban J connectivity index is 2.23. The summed E-state index contributed by atoms with van der Waals surface area (Å²) in [5.41, 5.74) is 0.463. The van der Waals surface area contributed by atoms with E-state index in [1.165, 1.54) is 6.20 Å². The number of imidazole rings is 1. The van der Waals surface area contributed by atoms with Gasteiger partial charge in [-0.3, -0.25) is 0 Å². The van der Waals surface area contributed by atoms with Crippen molar-refractivity contribution in [2.24, 2.45) is 0 Å². The number of nitrogens with one attached hydrogen (secondary N) is 2. The Labute approximate surface area is 132 Å². The molecule has 2 aromatic heterocycles. The second-order valence-electron chi connectivity index (χ2n) is 4.71. The topological polar surface area (TPSA) is 74.4 Å². The number of H-pyrrole nitrogens is 2. The van der Waals surface area contributed by atoms with Crippen LogP contribution >= 0.6 is 23.2 Å². The van der Waals surface area contributed by atoms with E-state index < -0.39 is 22.5 Å². The number of alkyl halides is 2. The van der Waals surface area contributed by atoms with E-state index in [4.69, 9.17) is 23.2 Å². The van der Waals surface area contributed by atoms with Crippen LogP contribution < -0.4 is 5.69 Å². The first-order chi connectivity index (χ1) is 10.3. The van der Waals surface area contributed by atoms with Crippen molar-refractivity contribution in [2.75, 3.05) is 0 Å². The molecule has 1 aromatic carbocycles. The average molecular weight is 345 g/mol. The molecular weight excluding hydrogens is 337 g/mol. The summed E-state index contributed by atoms with van der Waals surface area (Å²) in [5.74, 6) is -3.19. The van der Waals surface area contributed by atoms with Crippen LogP contribution in [-0.4, -0.2) is 19.9 Å². The highest BCUT2D eigenvalue weighted by molar-refractivity contribution is 6.35. The first-order valence-corrected chi connectivity index (χ1v) is 6.84. The Bertz CT molecular complexity index is 930. The predicted molar refractivity (Wildman–Crippen MR) is 79.5 cm³/mol. The Morgan fingerprint density at radius 1 is 1.18 bits per heavy atom. The van der Waals surface area contributed by atoms with Gasteiger partial charge in [0.2, 0.25) is 0 Å². The van der Waals surface area contributed by atoms with Gasteiger partial charge in [0.1, 0.15) is 5.69 Å². The van der Waals surface area contributed by atoms with E-state index >= 15 is 0 Å². The molecule has 0 aliphatic carbocycles. The van der Waals surface area contributed by atoms with Crippen LogP contribution in [0.5, 0.6) is 0 Å². The largest absolute Gasteiger partial charge is 0.323 e. The molecule has 114 valence electrons. The highest BCUT2D eigenvalue weighted by atomic mass is 35.5. The molecule has 0 fully saturated rings. The highest BCUT2D eigenvalue weighted by Crippen LogP contribution is 2.33. The van der Waals surface area contributed by atoms with Crippen LogP contribution in [0.2, 0.25) is 10.2 Å². The van der Waals surface area contributed by atoms with Crippen LogP contribution in [0.3, 0.4) is 0 Å². The van der Waals surface area contributed by atoms with Crippen molar-refractivity contribution in [1.82, 2.24) is 19.9 Å². The molecule has 3 rings (SSSR count). The number of hydrogen-bond acceptors (Lipinski definition) is 3. The first kappa shape index (κ1) is 14.9. The summed E-state index contributed by atoms with van der Waals surface area (Å²) in [6.07, 6.45) is 1.17. The van der Waals surface area contributed by atoms with Crippen molar-refractivity contribution < 1.29 is 8.78 Å². The zero-order valence-electron chi connectivity index (χ0n) is 11.0. The fourth-order valence-electron chi connectivity index (χ4n) is 2.09. The summed E-state index contributed by atoms with van der Waals surface area (Å²) in [4.78, 5) is 24.2. The standard InChI is InChI=1S/C13H8Cl2F2N4O/c1-13(16,17)10-11(15)19-7(4-18-10)5-2-3-6(14)9-8(5)20-12(22)21-9/h2-4H,1H3,(H2,20,21,22). The summed E-state index contributed by atoms with van der Waals surface area (Å²) in [6, 6.07) is 3.15. The molecule has 3 aromatic rings. The van der Waals surface area contributed by atoms with Gasteiger partial charge in [0, 0.05) is 12.5 Å². The number of benzene rings is 1. The van der Waals surface area contributed by atoms with Gasteiger partial charge in [-0.1, -0.05) is 23.2 Å². The maximum Gasteiger partial charge on any atom is 0.323 e. The van der Waals surface area contributed by atoms with E-state index in [2.05, 4.69) is 19.9 Å². The van der Waals surface area contributed by atoms with Gasteiger partial charge in [0.15, 0.2) is 5.15 Å². The average Bonchev–Trinajstić information content (AvgIpc) is 2.80. The van der Waals surface area contributed by atoms with E-state index in [1.807, 2.05) is 0 Å². The number of halogens is 4. The molecule has 0 unspecified atom stereocenters. The Kier molecular flexibility index (Phi) is 3.41. The quantitative estimate of drug-likeness (QED) is 0.743. The van der Waals surface area contributed by atoms with Crippen molar-refractivity contribution in [1.29, 1.82) is 0 Å². The first-order valence-electron chi connectivity index (χ1n) is 6.09. The SMILES string of the molecule is CC(F)(F)c1ncc(-c2ccc(Cl)c3[nH]c(=O)[nH]c23)nc1Cl. The number of aromatic amines is 2. The molecule has 0 aliphatic rings. The van der Waals surface area contributed by atoms with E-state index in [-0.39, 0.29) is 5.69 Å². The van der Waals surface area contributed by atoms with Crippen molar-refractivity contribution in [3.05, 3.63) is 44.7 Å².